The molecule has 0 unspecified atom stereocenters. The van der Waals surface area contributed by atoms with Gasteiger partial charge in [0.25, 0.3) is 0 Å². The lowest BCUT2D eigenvalue weighted by Crippen LogP contribution is -2.15. The molecule has 1 aromatic carbocycles. The highest BCUT2D eigenvalue weighted by atomic mass is 32.2. The van der Waals surface area contributed by atoms with Gasteiger partial charge in [0.15, 0.2) is 0 Å². The summed E-state index contributed by atoms with van der Waals surface area (Å²) in [5.74, 6) is -0.0772. The lowest BCUT2D eigenvalue weighted by molar-refractivity contribution is 0.184. The highest BCUT2D eigenvalue weighted by Crippen LogP contribution is 2.18. The van der Waals surface area contributed by atoms with Gasteiger partial charge in [-0.05, 0) is 25.0 Å². The van der Waals surface area contributed by atoms with Gasteiger partial charge < -0.3 is 9.30 Å². The maximum Gasteiger partial charge on any atom is 0.249 e. The van der Waals surface area contributed by atoms with Gasteiger partial charge in [-0.2, -0.15) is 0 Å². The molecule has 21 heavy (non-hydrogen) atoms. The van der Waals surface area contributed by atoms with Gasteiger partial charge in [0.05, 0.1) is 12.4 Å². The molecule has 1 aromatic heterocycles. The monoisotopic (exact) mass is 309 g/mol. The van der Waals surface area contributed by atoms with Gasteiger partial charge in [0.2, 0.25) is 15.0 Å². The summed E-state index contributed by atoms with van der Waals surface area (Å²) < 4.78 is 31.6. The van der Waals surface area contributed by atoms with E-state index in [1.807, 2.05) is 32.0 Å². The van der Waals surface area contributed by atoms with Crippen molar-refractivity contribution in [2.24, 2.45) is 0 Å². The van der Waals surface area contributed by atoms with Gasteiger partial charge in [0.1, 0.15) is 6.33 Å². The maximum absolute atomic E-state index is 12.5. The van der Waals surface area contributed by atoms with Crippen LogP contribution >= 0.6 is 0 Å². The average Bonchev–Trinajstić information content (AvgIpc) is 2.89. The number of sulfone groups is 1. The van der Waals surface area contributed by atoms with Crippen LogP contribution in [-0.2, 0) is 26.9 Å². The molecule has 0 aliphatic rings. The summed E-state index contributed by atoms with van der Waals surface area (Å²) >= 11 is 0. The molecule has 0 radical (unpaired) electrons. The van der Waals surface area contributed by atoms with Crippen LogP contribution in [0.2, 0.25) is 0 Å². The maximum atomic E-state index is 12.5. The van der Waals surface area contributed by atoms with Crippen molar-refractivity contribution in [3.05, 3.63) is 41.2 Å². The van der Waals surface area contributed by atoms with E-state index in [1.54, 1.807) is 7.11 Å². The summed E-state index contributed by atoms with van der Waals surface area (Å²) in [7, 11) is -1.97. The topological polar surface area (TPSA) is 74.1 Å². The van der Waals surface area contributed by atoms with E-state index < -0.39 is 9.84 Å². The van der Waals surface area contributed by atoms with Crippen molar-refractivity contribution in [3.8, 4) is 0 Å². The van der Waals surface area contributed by atoms with E-state index in [2.05, 4.69) is 10.2 Å². The normalized spacial score (nSPS) is 11.8. The summed E-state index contributed by atoms with van der Waals surface area (Å²) in [6.45, 7) is 4.66. The first-order valence-corrected chi connectivity index (χ1v) is 8.25. The number of nitrogens with zero attached hydrogens (tertiary/aromatic N) is 3. The van der Waals surface area contributed by atoms with Gasteiger partial charge in [-0.25, -0.2) is 8.42 Å². The molecule has 0 aliphatic heterocycles. The third-order valence-electron chi connectivity index (χ3n) is 3.24. The van der Waals surface area contributed by atoms with Crippen LogP contribution in [-0.4, -0.2) is 36.9 Å². The molecule has 0 spiro atoms. The van der Waals surface area contributed by atoms with E-state index in [0.29, 0.717) is 13.2 Å². The van der Waals surface area contributed by atoms with Crippen LogP contribution < -0.4 is 0 Å². The van der Waals surface area contributed by atoms with Crippen LogP contribution in [0.5, 0.6) is 0 Å². The zero-order valence-corrected chi connectivity index (χ0v) is 13.2. The Morgan fingerprint density at radius 2 is 2.05 bits per heavy atom. The molecule has 114 valence electrons. The molecule has 0 saturated carbocycles. The first kappa shape index (κ1) is 15.7. The van der Waals surface area contributed by atoms with E-state index in [9.17, 15) is 8.42 Å². The summed E-state index contributed by atoms with van der Waals surface area (Å²) in [6.07, 6.45) is 1.41. The second-order valence-corrected chi connectivity index (χ2v) is 6.87. The highest BCUT2D eigenvalue weighted by molar-refractivity contribution is 7.90. The largest absolute Gasteiger partial charge is 0.383 e. The van der Waals surface area contributed by atoms with Crippen molar-refractivity contribution >= 4 is 9.84 Å². The molecule has 0 amide bonds. The predicted molar refractivity (Wildman–Crippen MR) is 78.7 cm³/mol. The zero-order chi connectivity index (χ0) is 15.5. The van der Waals surface area contributed by atoms with Crippen molar-refractivity contribution in [2.75, 3.05) is 13.7 Å². The fourth-order valence-corrected chi connectivity index (χ4v) is 3.57. The predicted octanol–water partition coefficient (Wildman–Crippen LogP) is 1.52. The van der Waals surface area contributed by atoms with E-state index >= 15 is 0 Å². The Labute approximate surface area is 124 Å². The number of aryl methyl sites for hydroxylation is 2. The van der Waals surface area contributed by atoms with Crippen molar-refractivity contribution in [1.82, 2.24) is 14.8 Å². The van der Waals surface area contributed by atoms with Crippen molar-refractivity contribution in [1.29, 1.82) is 0 Å². The second-order valence-electron chi connectivity index (χ2n) is 4.99. The average molecular weight is 309 g/mol. The molecule has 0 fully saturated rings. The number of aromatic nitrogens is 3. The number of benzene rings is 1. The highest BCUT2D eigenvalue weighted by Gasteiger charge is 2.23. The molecular formula is C14H19N3O3S. The Morgan fingerprint density at radius 1 is 1.29 bits per heavy atom. The van der Waals surface area contributed by atoms with Crippen molar-refractivity contribution in [2.45, 2.75) is 31.3 Å². The second kappa shape index (κ2) is 6.36. The number of methoxy groups -OCH3 is 1. The molecule has 0 aliphatic carbocycles. The van der Waals surface area contributed by atoms with E-state index in [4.69, 9.17) is 4.74 Å². The first-order valence-electron chi connectivity index (χ1n) is 6.59. The minimum absolute atomic E-state index is 0.0135. The molecule has 1 heterocycles. The smallest absolute Gasteiger partial charge is 0.249 e. The quantitative estimate of drug-likeness (QED) is 0.808. The van der Waals surface area contributed by atoms with Crippen LogP contribution in [0.3, 0.4) is 0 Å². The van der Waals surface area contributed by atoms with Crippen molar-refractivity contribution < 1.29 is 13.2 Å². The number of rotatable bonds is 6. The summed E-state index contributed by atoms with van der Waals surface area (Å²) in [6, 6.07) is 5.78. The van der Waals surface area contributed by atoms with Gasteiger partial charge in [0, 0.05) is 13.7 Å². The molecule has 0 N–H and O–H groups in total. The van der Waals surface area contributed by atoms with Crippen LogP contribution in [0.25, 0.3) is 0 Å². The minimum atomic E-state index is -3.54. The molecule has 2 aromatic rings. The Balaban J connectivity index is 2.30. The van der Waals surface area contributed by atoms with Gasteiger partial charge >= 0.3 is 0 Å². The summed E-state index contributed by atoms with van der Waals surface area (Å²) in [5.41, 5.74) is 2.77. The lowest BCUT2D eigenvalue weighted by Gasteiger charge is -2.09. The van der Waals surface area contributed by atoms with Crippen LogP contribution in [0.4, 0.5) is 0 Å². The third-order valence-corrected chi connectivity index (χ3v) is 4.81. The van der Waals surface area contributed by atoms with E-state index in [-0.39, 0.29) is 10.9 Å². The van der Waals surface area contributed by atoms with Gasteiger partial charge in [-0.15, -0.1) is 10.2 Å². The Hall–Kier alpha value is -1.73. The van der Waals surface area contributed by atoms with Gasteiger partial charge in [-0.3, -0.25) is 0 Å². The Morgan fingerprint density at radius 3 is 2.76 bits per heavy atom. The number of ether oxygens (including phenoxy) is 1. The number of hydrogen-bond donors (Lipinski definition) is 0. The van der Waals surface area contributed by atoms with Crippen LogP contribution in [0.1, 0.15) is 16.7 Å². The van der Waals surface area contributed by atoms with E-state index in [0.717, 1.165) is 16.7 Å². The Bertz CT molecular complexity index is 723. The molecule has 0 bridgehead atoms. The molecule has 0 saturated heterocycles. The lowest BCUT2D eigenvalue weighted by atomic mass is 10.1. The van der Waals surface area contributed by atoms with Crippen molar-refractivity contribution in [3.63, 3.8) is 0 Å². The third kappa shape index (κ3) is 3.68. The molecule has 7 heteroatoms. The molecule has 2 rings (SSSR count). The Kier molecular flexibility index (Phi) is 4.74. The first-order chi connectivity index (χ1) is 9.94. The fourth-order valence-electron chi connectivity index (χ4n) is 2.05. The van der Waals surface area contributed by atoms with E-state index in [1.165, 1.54) is 10.9 Å². The van der Waals surface area contributed by atoms with Crippen LogP contribution in [0, 0.1) is 13.8 Å². The summed E-state index contributed by atoms with van der Waals surface area (Å²) in [4.78, 5) is 0. The fraction of sp³-hybridized carbons (Fsp3) is 0.429. The SMILES string of the molecule is COCCn1cnnc1S(=O)(=O)Cc1cc(C)ccc1C. The summed E-state index contributed by atoms with van der Waals surface area (Å²) in [5, 5.41) is 7.45. The molecular weight excluding hydrogens is 290 g/mol. The van der Waals surface area contributed by atoms with Crippen LogP contribution in [0.15, 0.2) is 29.7 Å². The minimum Gasteiger partial charge on any atom is -0.383 e. The molecule has 6 nitrogen and oxygen atoms in total. The van der Waals surface area contributed by atoms with Gasteiger partial charge in [-0.1, -0.05) is 23.8 Å². The number of hydrogen-bond acceptors (Lipinski definition) is 5. The zero-order valence-electron chi connectivity index (χ0n) is 12.4. The molecule has 0 atom stereocenters. The standard InChI is InChI=1S/C14H19N3O3S/c1-11-4-5-12(2)13(8-11)9-21(18,19)14-16-15-10-17(14)6-7-20-3/h4-5,8,10H,6-7,9H2,1-3H3.